The van der Waals surface area contributed by atoms with Crippen molar-refractivity contribution in [3.63, 3.8) is 0 Å². The Morgan fingerprint density at radius 3 is 2.33 bits per heavy atom. The Morgan fingerprint density at radius 2 is 1.87 bits per heavy atom. The summed E-state index contributed by atoms with van der Waals surface area (Å²) >= 11 is 0. The molecule has 2 heteroatoms. The monoisotopic (exact) mass is 211 g/mol. The van der Waals surface area contributed by atoms with Crippen molar-refractivity contribution in [1.29, 1.82) is 5.26 Å². The minimum Gasteiger partial charge on any atom is -0.390 e. The van der Waals surface area contributed by atoms with Crippen molar-refractivity contribution in [1.82, 2.24) is 0 Å². The van der Waals surface area contributed by atoms with Gasteiger partial charge in [0.1, 0.15) is 0 Å². The van der Waals surface area contributed by atoms with E-state index in [1.165, 1.54) is 0 Å². The predicted octanol–water partition coefficient (Wildman–Crippen LogP) is 3.65. The van der Waals surface area contributed by atoms with Crippen molar-refractivity contribution in [2.45, 2.75) is 71.3 Å². The van der Waals surface area contributed by atoms with Gasteiger partial charge in [-0.25, -0.2) is 0 Å². The van der Waals surface area contributed by atoms with Gasteiger partial charge >= 0.3 is 0 Å². The van der Waals surface area contributed by atoms with Gasteiger partial charge < -0.3 is 5.11 Å². The SMILES string of the molecule is CCCCC(O)(CCCC#N)CC(C)C. The van der Waals surface area contributed by atoms with E-state index in [1.807, 2.05) is 0 Å². The van der Waals surface area contributed by atoms with Gasteiger partial charge in [-0.1, -0.05) is 33.6 Å². The molecular formula is C13H25NO. The second-order valence-electron chi connectivity index (χ2n) is 4.94. The summed E-state index contributed by atoms with van der Waals surface area (Å²) in [6.45, 7) is 6.42. The van der Waals surface area contributed by atoms with Crippen molar-refractivity contribution in [2.24, 2.45) is 5.92 Å². The lowest BCUT2D eigenvalue weighted by Gasteiger charge is -2.29. The summed E-state index contributed by atoms with van der Waals surface area (Å²) in [5.41, 5.74) is -0.527. The zero-order valence-electron chi connectivity index (χ0n) is 10.4. The van der Waals surface area contributed by atoms with Crippen LogP contribution in [0.2, 0.25) is 0 Å². The molecule has 0 radical (unpaired) electrons. The summed E-state index contributed by atoms with van der Waals surface area (Å²) in [5, 5.41) is 18.9. The fraction of sp³-hybridized carbons (Fsp3) is 0.923. The van der Waals surface area contributed by atoms with E-state index < -0.39 is 5.60 Å². The molecule has 0 spiro atoms. The highest BCUT2D eigenvalue weighted by Crippen LogP contribution is 2.28. The first-order chi connectivity index (χ1) is 7.04. The van der Waals surface area contributed by atoms with Gasteiger partial charge in [0, 0.05) is 6.42 Å². The molecule has 0 aliphatic carbocycles. The molecule has 88 valence electrons. The molecule has 0 rings (SSSR count). The van der Waals surface area contributed by atoms with Crippen LogP contribution in [0.3, 0.4) is 0 Å². The zero-order valence-corrected chi connectivity index (χ0v) is 10.4. The molecule has 0 saturated heterocycles. The van der Waals surface area contributed by atoms with Gasteiger partial charge in [0.15, 0.2) is 0 Å². The lowest BCUT2D eigenvalue weighted by Crippen LogP contribution is -2.30. The van der Waals surface area contributed by atoms with Crippen LogP contribution < -0.4 is 0 Å². The van der Waals surface area contributed by atoms with Gasteiger partial charge in [-0.2, -0.15) is 5.26 Å². The third kappa shape index (κ3) is 7.39. The molecule has 0 aliphatic heterocycles. The minimum atomic E-state index is -0.527. The standard InChI is InChI=1S/C13H25NO/c1-4-5-8-13(15,11-12(2)3)9-6-7-10-14/h12,15H,4-9,11H2,1-3H3. The van der Waals surface area contributed by atoms with E-state index >= 15 is 0 Å². The van der Waals surface area contributed by atoms with E-state index in [9.17, 15) is 5.11 Å². The number of hydrogen-bond acceptors (Lipinski definition) is 2. The Morgan fingerprint density at radius 1 is 1.27 bits per heavy atom. The van der Waals surface area contributed by atoms with Gasteiger partial charge in [-0.15, -0.1) is 0 Å². The summed E-state index contributed by atoms with van der Waals surface area (Å²) in [6, 6.07) is 2.14. The number of nitriles is 1. The topological polar surface area (TPSA) is 44.0 Å². The van der Waals surface area contributed by atoms with E-state index in [0.717, 1.165) is 38.5 Å². The first-order valence-corrected chi connectivity index (χ1v) is 6.13. The molecule has 1 unspecified atom stereocenters. The Hall–Kier alpha value is -0.550. The van der Waals surface area contributed by atoms with E-state index in [4.69, 9.17) is 5.26 Å². The number of unbranched alkanes of at least 4 members (excludes halogenated alkanes) is 2. The number of nitrogens with zero attached hydrogens (tertiary/aromatic N) is 1. The molecule has 2 nitrogen and oxygen atoms in total. The van der Waals surface area contributed by atoms with Crippen LogP contribution in [0.25, 0.3) is 0 Å². The second-order valence-corrected chi connectivity index (χ2v) is 4.94. The van der Waals surface area contributed by atoms with Gasteiger partial charge in [-0.05, 0) is 31.6 Å². The molecule has 0 aromatic rings. The second kappa shape index (κ2) is 7.70. The van der Waals surface area contributed by atoms with Crippen LogP contribution in [0.5, 0.6) is 0 Å². The van der Waals surface area contributed by atoms with Crippen LogP contribution in [0, 0.1) is 17.2 Å². The molecule has 0 saturated carbocycles. The van der Waals surface area contributed by atoms with Crippen molar-refractivity contribution >= 4 is 0 Å². The zero-order chi connectivity index (χ0) is 11.7. The highest BCUT2D eigenvalue weighted by atomic mass is 16.3. The van der Waals surface area contributed by atoms with Gasteiger partial charge in [0.05, 0.1) is 11.7 Å². The summed E-state index contributed by atoms with van der Waals surface area (Å²) in [7, 11) is 0. The first kappa shape index (κ1) is 14.5. The Labute approximate surface area is 94.3 Å². The average molecular weight is 211 g/mol. The molecule has 0 bridgehead atoms. The summed E-state index contributed by atoms with van der Waals surface area (Å²) < 4.78 is 0. The molecule has 0 aromatic carbocycles. The van der Waals surface area contributed by atoms with Crippen molar-refractivity contribution in [3.05, 3.63) is 0 Å². The Balaban J connectivity index is 4.08. The molecule has 0 aliphatic rings. The van der Waals surface area contributed by atoms with Crippen molar-refractivity contribution < 1.29 is 5.11 Å². The molecule has 15 heavy (non-hydrogen) atoms. The lowest BCUT2D eigenvalue weighted by molar-refractivity contribution is -0.000101. The van der Waals surface area contributed by atoms with E-state index in [1.54, 1.807) is 0 Å². The first-order valence-electron chi connectivity index (χ1n) is 6.13. The average Bonchev–Trinajstić information content (AvgIpc) is 2.14. The molecular weight excluding hydrogens is 186 g/mol. The van der Waals surface area contributed by atoms with Crippen LogP contribution in [0.1, 0.15) is 65.7 Å². The fourth-order valence-corrected chi connectivity index (χ4v) is 2.09. The van der Waals surface area contributed by atoms with Crippen LogP contribution in [0.15, 0.2) is 0 Å². The maximum absolute atomic E-state index is 10.4. The minimum absolute atomic E-state index is 0.522. The summed E-state index contributed by atoms with van der Waals surface area (Å²) in [6.07, 6.45) is 6.11. The predicted molar refractivity (Wildman–Crippen MR) is 63.4 cm³/mol. The normalized spacial score (nSPS) is 14.9. The van der Waals surface area contributed by atoms with Crippen LogP contribution in [0.4, 0.5) is 0 Å². The van der Waals surface area contributed by atoms with E-state index in [0.29, 0.717) is 12.3 Å². The number of aliphatic hydroxyl groups is 1. The van der Waals surface area contributed by atoms with E-state index in [2.05, 4.69) is 26.8 Å². The highest BCUT2D eigenvalue weighted by molar-refractivity contribution is 4.81. The molecule has 1 N–H and O–H groups in total. The van der Waals surface area contributed by atoms with Gasteiger partial charge in [0.2, 0.25) is 0 Å². The smallest absolute Gasteiger partial charge is 0.0650 e. The molecule has 0 heterocycles. The lowest BCUT2D eigenvalue weighted by atomic mass is 9.84. The Bertz CT molecular complexity index is 195. The van der Waals surface area contributed by atoms with Gasteiger partial charge in [0.25, 0.3) is 0 Å². The Kier molecular flexibility index (Phi) is 7.42. The fourth-order valence-electron chi connectivity index (χ4n) is 2.09. The summed E-state index contributed by atoms with van der Waals surface area (Å²) in [4.78, 5) is 0. The molecule has 0 fully saturated rings. The highest BCUT2D eigenvalue weighted by Gasteiger charge is 2.26. The maximum atomic E-state index is 10.4. The quantitative estimate of drug-likeness (QED) is 0.623. The third-order valence-electron chi connectivity index (χ3n) is 2.71. The van der Waals surface area contributed by atoms with Crippen molar-refractivity contribution in [2.75, 3.05) is 0 Å². The van der Waals surface area contributed by atoms with E-state index in [-0.39, 0.29) is 0 Å². The number of hydrogen-bond donors (Lipinski definition) is 1. The van der Waals surface area contributed by atoms with Crippen LogP contribution in [-0.2, 0) is 0 Å². The molecule has 1 atom stereocenters. The van der Waals surface area contributed by atoms with Gasteiger partial charge in [-0.3, -0.25) is 0 Å². The largest absolute Gasteiger partial charge is 0.390 e. The maximum Gasteiger partial charge on any atom is 0.0650 e. The van der Waals surface area contributed by atoms with Crippen molar-refractivity contribution in [3.8, 4) is 6.07 Å². The molecule has 0 aromatic heterocycles. The third-order valence-corrected chi connectivity index (χ3v) is 2.71. The molecule has 0 amide bonds. The van der Waals surface area contributed by atoms with Crippen LogP contribution >= 0.6 is 0 Å². The van der Waals surface area contributed by atoms with Crippen LogP contribution in [-0.4, -0.2) is 10.7 Å². The number of rotatable bonds is 8. The summed E-state index contributed by atoms with van der Waals surface area (Å²) in [5.74, 6) is 0.522.